The van der Waals surface area contributed by atoms with Gasteiger partial charge in [-0.05, 0) is 19.8 Å². The van der Waals surface area contributed by atoms with E-state index in [1.165, 1.54) is 4.90 Å². The van der Waals surface area contributed by atoms with Gasteiger partial charge in [-0.15, -0.1) is 0 Å². The van der Waals surface area contributed by atoms with Crippen LogP contribution in [0, 0.1) is 0 Å². The van der Waals surface area contributed by atoms with Crippen LogP contribution in [0.5, 0.6) is 0 Å². The summed E-state index contributed by atoms with van der Waals surface area (Å²) in [5.41, 5.74) is 0. The summed E-state index contributed by atoms with van der Waals surface area (Å²) in [5, 5.41) is 11.6. The van der Waals surface area contributed by atoms with Gasteiger partial charge in [-0.2, -0.15) is 0 Å². The molecule has 0 radical (unpaired) electrons. The predicted molar refractivity (Wildman–Crippen MR) is 61.9 cm³/mol. The molecule has 0 saturated carbocycles. The Morgan fingerprint density at radius 1 is 1.44 bits per heavy atom. The Morgan fingerprint density at radius 3 is 2.50 bits per heavy atom. The van der Waals surface area contributed by atoms with Crippen LogP contribution in [0.4, 0.5) is 0 Å². The second-order valence-corrected chi connectivity index (χ2v) is 3.88. The molecule has 16 heavy (non-hydrogen) atoms. The summed E-state index contributed by atoms with van der Waals surface area (Å²) in [6.07, 6.45) is 1.06. The molecule has 0 saturated heterocycles. The summed E-state index contributed by atoms with van der Waals surface area (Å²) in [6.45, 7) is 4.28. The van der Waals surface area contributed by atoms with Gasteiger partial charge in [0, 0.05) is 20.0 Å². The maximum atomic E-state index is 11.7. The van der Waals surface area contributed by atoms with Crippen molar-refractivity contribution in [1.29, 1.82) is 0 Å². The monoisotopic (exact) mass is 230 g/mol. The Labute approximate surface area is 96.8 Å². The summed E-state index contributed by atoms with van der Waals surface area (Å²) in [5.74, 6) is -0.245. The number of aliphatic hydroxyl groups is 1. The van der Waals surface area contributed by atoms with E-state index >= 15 is 0 Å². The average Bonchev–Trinajstić information content (AvgIpc) is 2.24. The number of rotatable bonds is 7. The fourth-order valence-electron chi connectivity index (χ4n) is 1.30. The number of nitrogens with one attached hydrogen (secondary N) is 1. The van der Waals surface area contributed by atoms with E-state index in [0.29, 0.717) is 13.0 Å². The maximum absolute atomic E-state index is 11.7. The normalized spacial score (nSPS) is 12.0. The van der Waals surface area contributed by atoms with Crippen molar-refractivity contribution in [1.82, 2.24) is 10.2 Å². The number of hydrogen-bond donors (Lipinski definition) is 2. The molecule has 5 heteroatoms. The minimum absolute atomic E-state index is 0.0775. The highest BCUT2D eigenvalue weighted by Gasteiger charge is 2.15. The summed E-state index contributed by atoms with van der Waals surface area (Å²) >= 11 is 0. The van der Waals surface area contributed by atoms with Gasteiger partial charge in [0.2, 0.25) is 11.8 Å². The lowest BCUT2D eigenvalue weighted by molar-refractivity contribution is -0.136. The molecule has 94 valence electrons. The molecule has 2 N–H and O–H groups in total. The molecule has 2 amide bonds. The zero-order valence-electron chi connectivity index (χ0n) is 10.3. The first-order valence-electron chi connectivity index (χ1n) is 5.67. The number of carbonyl (C=O) groups is 2. The largest absolute Gasteiger partial charge is 0.393 e. The molecular weight excluding hydrogens is 208 g/mol. The first-order valence-corrected chi connectivity index (χ1v) is 5.67. The zero-order valence-corrected chi connectivity index (χ0v) is 10.3. The molecule has 0 spiro atoms. The van der Waals surface area contributed by atoms with Gasteiger partial charge in [-0.25, -0.2) is 0 Å². The van der Waals surface area contributed by atoms with Gasteiger partial charge in [0.05, 0.1) is 12.6 Å². The van der Waals surface area contributed by atoms with Gasteiger partial charge in [-0.3, -0.25) is 9.59 Å². The molecule has 1 atom stereocenters. The molecule has 0 bridgehead atoms. The van der Waals surface area contributed by atoms with Gasteiger partial charge in [0.25, 0.3) is 0 Å². The molecule has 5 nitrogen and oxygen atoms in total. The average molecular weight is 230 g/mol. The summed E-state index contributed by atoms with van der Waals surface area (Å²) in [7, 11) is 1.55. The van der Waals surface area contributed by atoms with Gasteiger partial charge in [0.1, 0.15) is 0 Å². The van der Waals surface area contributed by atoms with E-state index in [2.05, 4.69) is 5.32 Å². The van der Waals surface area contributed by atoms with Gasteiger partial charge in [-0.1, -0.05) is 6.92 Å². The third-order valence-electron chi connectivity index (χ3n) is 2.24. The number of nitrogens with zero attached hydrogens (tertiary/aromatic N) is 1. The van der Waals surface area contributed by atoms with Crippen molar-refractivity contribution in [2.75, 3.05) is 20.1 Å². The number of carbonyl (C=O) groups excluding carboxylic acids is 2. The molecule has 0 aliphatic rings. The number of hydrogen-bond acceptors (Lipinski definition) is 3. The van der Waals surface area contributed by atoms with Crippen molar-refractivity contribution in [3.63, 3.8) is 0 Å². The van der Waals surface area contributed by atoms with Gasteiger partial charge < -0.3 is 15.3 Å². The van der Waals surface area contributed by atoms with Crippen LogP contribution >= 0.6 is 0 Å². The number of likely N-dealkylation sites (N-methyl/N-ethyl adjacent to an activating group) is 1. The first-order chi connectivity index (χ1) is 7.51. The van der Waals surface area contributed by atoms with E-state index in [4.69, 9.17) is 5.11 Å². The molecule has 0 rings (SSSR count). The van der Waals surface area contributed by atoms with Gasteiger partial charge in [0.15, 0.2) is 0 Å². The Bertz CT molecular complexity index is 229. The second-order valence-electron chi connectivity index (χ2n) is 3.88. The lowest BCUT2D eigenvalue weighted by atomic mass is 10.2. The zero-order chi connectivity index (χ0) is 12.6. The van der Waals surface area contributed by atoms with Crippen molar-refractivity contribution in [3.8, 4) is 0 Å². The molecule has 0 aliphatic heterocycles. The van der Waals surface area contributed by atoms with Gasteiger partial charge >= 0.3 is 0 Å². The van der Waals surface area contributed by atoms with Crippen molar-refractivity contribution in [2.24, 2.45) is 0 Å². The number of aliphatic hydroxyl groups excluding tert-OH is 1. The Kier molecular flexibility index (Phi) is 7.54. The Morgan fingerprint density at radius 2 is 2.06 bits per heavy atom. The third kappa shape index (κ3) is 6.40. The minimum atomic E-state index is -0.479. The number of amides is 2. The van der Waals surface area contributed by atoms with Crippen LogP contribution < -0.4 is 5.32 Å². The first kappa shape index (κ1) is 14.9. The standard InChI is InChI=1S/C11H22N2O3/c1-4-7-13(8-10(15)12-3)11(16)6-5-9(2)14/h9,14H,4-8H2,1-3H3,(H,12,15). The highest BCUT2D eigenvalue weighted by atomic mass is 16.3. The molecule has 0 aromatic carbocycles. The lowest BCUT2D eigenvalue weighted by Crippen LogP contribution is -2.40. The highest BCUT2D eigenvalue weighted by molar-refractivity contribution is 5.84. The fraction of sp³-hybridized carbons (Fsp3) is 0.818. The molecule has 0 aromatic rings. The molecule has 0 heterocycles. The van der Waals surface area contributed by atoms with Crippen molar-refractivity contribution >= 4 is 11.8 Å². The maximum Gasteiger partial charge on any atom is 0.239 e. The van der Waals surface area contributed by atoms with Crippen molar-refractivity contribution in [2.45, 2.75) is 39.2 Å². The highest BCUT2D eigenvalue weighted by Crippen LogP contribution is 2.02. The Hall–Kier alpha value is -1.10. The molecule has 0 aliphatic carbocycles. The van der Waals surface area contributed by atoms with E-state index in [1.54, 1.807) is 14.0 Å². The van der Waals surface area contributed by atoms with Crippen LogP contribution in [0.1, 0.15) is 33.1 Å². The summed E-state index contributed by atoms with van der Waals surface area (Å²) in [4.78, 5) is 24.4. The van der Waals surface area contributed by atoms with Crippen LogP contribution in [0.15, 0.2) is 0 Å². The van der Waals surface area contributed by atoms with E-state index in [0.717, 1.165) is 6.42 Å². The minimum Gasteiger partial charge on any atom is -0.393 e. The van der Waals surface area contributed by atoms with Crippen LogP contribution in [-0.4, -0.2) is 48.1 Å². The molecule has 0 fully saturated rings. The van der Waals surface area contributed by atoms with E-state index in [1.807, 2.05) is 6.92 Å². The second kappa shape index (κ2) is 8.10. The van der Waals surface area contributed by atoms with E-state index < -0.39 is 6.10 Å². The molecule has 0 aromatic heterocycles. The Balaban J connectivity index is 4.17. The van der Waals surface area contributed by atoms with Crippen LogP contribution in [-0.2, 0) is 9.59 Å². The summed E-state index contributed by atoms with van der Waals surface area (Å²) in [6, 6.07) is 0. The summed E-state index contributed by atoms with van der Waals surface area (Å²) < 4.78 is 0. The smallest absolute Gasteiger partial charge is 0.239 e. The lowest BCUT2D eigenvalue weighted by Gasteiger charge is -2.21. The van der Waals surface area contributed by atoms with Crippen LogP contribution in [0.25, 0.3) is 0 Å². The topological polar surface area (TPSA) is 69.6 Å². The fourth-order valence-corrected chi connectivity index (χ4v) is 1.30. The molecular formula is C11H22N2O3. The molecule has 1 unspecified atom stereocenters. The van der Waals surface area contributed by atoms with E-state index in [9.17, 15) is 9.59 Å². The predicted octanol–water partition coefficient (Wildman–Crippen LogP) is 0.132. The van der Waals surface area contributed by atoms with Crippen molar-refractivity contribution < 1.29 is 14.7 Å². The van der Waals surface area contributed by atoms with E-state index in [-0.39, 0.29) is 24.8 Å². The quantitative estimate of drug-likeness (QED) is 0.653. The van der Waals surface area contributed by atoms with Crippen molar-refractivity contribution in [3.05, 3.63) is 0 Å². The SMILES string of the molecule is CCCN(CC(=O)NC)C(=O)CCC(C)O. The van der Waals surface area contributed by atoms with Crippen LogP contribution in [0.2, 0.25) is 0 Å². The third-order valence-corrected chi connectivity index (χ3v) is 2.24. The van der Waals surface area contributed by atoms with Crippen LogP contribution in [0.3, 0.4) is 0 Å².